The molecule has 0 saturated carbocycles. The van der Waals surface area contributed by atoms with Crippen LogP contribution in [0, 0.1) is 0 Å². The maximum absolute atomic E-state index is 11.6. The van der Waals surface area contributed by atoms with E-state index in [0.717, 1.165) is 36.0 Å². The van der Waals surface area contributed by atoms with Gasteiger partial charge in [0.25, 0.3) is 0 Å². The van der Waals surface area contributed by atoms with Crippen LogP contribution in [0.25, 0.3) is 0 Å². The third kappa shape index (κ3) is 4.93. The van der Waals surface area contributed by atoms with Crippen LogP contribution >= 0.6 is 15.9 Å². The fourth-order valence-corrected chi connectivity index (χ4v) is 2.36. The van der Waals surface area contributed by atoms with Crippen molar-refractivity contribution in [2.24, 2.45) is 0 Å². The monoisotopic (exact) mass is 327 g/mol. The van der Waals surface area contributed by atoms with Gasteiger partial charge in [-0.3, -0.25) is 0 Å². The lowest BCUT2D eigenvalue weighted by atomic mass is 10.1. The van der Waals surface area contributed by atoms with Gasteiger partial charge in [-0.1, -0.05) is 34.1 Å². The summed E-state index contributed by atoms with van der Waals surface area (Å²) in [6.45, 7) is 2.22. The molecule has 1 aromatic rings. The van der Waals surface area contributed by atoms with E-state index in [4.69, 9.17) is 9.47 Å². The lowest BCUT2D eigenvalue weighted by molar-refractivity contribution is -0.152. The topological polar surface area (TPSA) is 47.6 Å². The Labute approximate surface area is 121 Å². The van der Waals surface area contributed by atoms with Crippen molar-refractivity contribution in [3.05, 3.63) is 34.3 Å². The van der Waals surface area contributed by atoms with Crippen molar-refractivity contribution in [3.8, 4) is 0 Å². The Kier molecular flexibility index (Phi) is 5.82. The van der Waals surface area contributed by atoms with Crippen molar-refractivity contribution in [2.75, 3.05) is 19.7 Å². The van der Waals surface area contributed by atoms with Crippen LogP contribution in [0.15, 0.2) is 28.7 Å². The molecule has 0 radical (unpaired) electrons. The Morgan fingerprint density at radius 3 is 2.79 bits per heavy atom. The number of ether oxygens (including phenoxy) is 2. The Balaban J connectivity index is 1.68. The zero-order chi connectivity index (χ0) is 13.5. The summed E-state index contributed by atoms with van der Waals surface area (Å²) in [6, 6.07) is 7.69. The third-order valence-electron chi connectivity index (χ3n) is 3.07. The molecule has 1 heterocycles. The molecule has 0 aromatic heterocycles. The normalized spacial score (nSPS) is 16.3. The first-order valence-corrected chi connectivity index (χ1v) is 7.26. The maximum Gasteiger partial charge on any atom is 0.332 e. The van der Waals surface area contributed by atoms with E-state index in [-0.39, 0.29) is 25.3 Å². The SMILES string of the molecule is O=C(COC1CCNCC1)OCc1ccccc1Br. The number of nitrogens with one attached hydrogen (secondary N) is 1. The molecule has 0 amide bonds. The van der Waals surface area contributed by atoms with Crippen LogP contribution in [0.5, 0.6) is 0 Å². The zero-order valence-electron chi connectivity index (χ0n) is 10.7. The second-order valence-electron chi connectivity index (χ2n) is 4.51. The summed E-state index contributed by atoms with van der Waals surface area (Å²) in [5, 5.41) is 3.25. The molecule has 19 heavy (non-hydrogen) atoms. The first kappa shape index (κ1) is 14.5. The summed E-state index contributed by atoms with van der Waals surface area (Å²) in [6.07, 6.45) is 2.09. The van der Waals surface area contributed by atoms with Crippen LogP contribution in [0.3, 0.4) is 0 Å². The minimum Gasteiger partial charge on any atom is -0.459 e. The van der Waals surface area contributed by atoms with Crippen molar-refractivity contribution >= 4 is 21.9 Å². The van der Waals surface area contributed by atoms with E-state index in [1.54, 1.807) is 0 Å². The summed E-state index contributed by atoms with van der Waals surface area (Å²) in [7, 11) is 0. The van der Waals surface area contributed by atoms with E-state index >= 15 is 0 Å². The van der Waals surface area contributed by atoms with E-state index in [1.165, 1.54) is 0 Å². The van der Waals surface area contributed by atoms with Gasteiger partial charge in [0.1, 0.15) is 13.2 Å². The second-order valence-corrected chi connectivity index (χ2v) is 5.37. The summed E-state index contributed by atoms with van der Waals surface area (Å²) < 4.78 is 11.7. The molecule has 1 aromatic carbocycles. The quantitative estimate of drug-likeness (QED) is 0.843. The number of hydrogen-bond acceptors (Lipinski definition) is 4. The predicted molar refractivity (Wildman–Crippen MR) is 75.8 cm³/mol. The molecule has 4 nitrogen and oxygen atoms in total. The maximum atomic E-state index is 11.6. The first-order chi connectivity index (χ1) is 9.25. The molecule has 2 rings (SSSR count). The zero-order valence-corrected chi connectivity index (χ0v) is 12.3. The number of esters is 1. The standard InChI is InChI=1S/C14H18BrNO3/c15-13-4-2-1-3-11(13)9-19-14(17)10-18-12-5-7-16-8-6-12/h1-4,12,16H,5-10H2. The van der Waals surface area contributed by atoms with Gasteiger partial charge in [-0.15, -0.1) is 0 Å². The van der Waals surface area contributed by atoms with Crippen LogP contribution in [0.4, 0.5) is 0 Å². The van der Waals surface area contributed by atoms with Gasteiger partial charge < -0.3 is 14.8 Å². The summed E-state index contributed by atoms with van der Waals surface area (Å²) in [5.41, 5.74) is 0.956. The van der Waals surface area contributed by atoms with Gasteiger partial charge in [0.15, 0.2) is 0 Å². The highest BCUT2D eigenvalue weighted by Gasteiger charge is 2.15. The predicted octanol–water partition coefficient (Wildman–Crippen LogP) is 2.26. The van der Waals surface area contributed by atoms with Gasteiger partial charge in [0.2, 0.25) is 0 Å². The molecule has 1 aliphatic rings. The number of piperidine rings is 1. The Hall–Kier alpha value is -0.910. The molecular formula is C14H18BrNO3. The molecular weight excluding hydrogens is 310 g/mol. The first-order valence-electron chi connectivity index (χ1n) is 6.47. The summed E-state index contributed by atoms with van der Waals surface area (Å²) >= 11 is 3.42. The highest BCUT2D eigenvalue weighted by Crippen LogP contribution is 2.16. The van der Waals surface area contributed by atoms with E-state index in [1.807, 2.05) is 24.3 Å². The molecule has 0 atom stereocenters. The van der Waals surface area contributed by atoms with Gasteiger partial charge in [0.05, 0.1) is 6.10 Å². The van der Waals surface area contributed by atoms with Crippen LogP contribution in [-0.2, 0) is 20.9 Å². The van der Waals surface area contributed by atoms with Gasteiger partial charge in [-0.05, 0) is 32.0 Å². The Morgan fingerprint density at radius 1 is 1.32 bits per heavy atom. The van der Waals surface area contributed by atoms with Gasteiger partial charge in [-0.2, -0.15) is 0 Å². The number of benzene rings is 1. The molecule has 0 spiro atoms. The number of carbonyl (C=O) groups is 1. The van der Waals surface area contributed by atoms with Crippen molar-refractivity contribution in [1.82, 2.24) is 5.32 Å². The van der Waals surface area contributed by atoms with E-state index in [0.29, 0.717) is 0 Å². The van der Waals surface area contributed by atoms with Crippen molar-refractivity contribution in [3.63, 3.8) is 0 Å². The largest absolute Gasteiger partial charge is 0.459 e. The molecule has 1 N–H and O–H groups in total. The van der Waals surface area contributed by atoms with E-state index in [2.05, 4.69) is 21.2 Å². The lowest BCUT2D eigenvalue weighted by Gasteiger charge is -2.22. The summed E-state index contributed by atoms with van der Waals surface area (Å²) in [5.74, 6) is -0.311. The molecule has 0 unspecified atom stereocenters. The third-order valence-corrected chi connectivity index (χ3v) is 3.84. The fourth-order valence-electron chi connectivity index (χ4n) is 1.96. The molecule has 1 saturated heterocycles. The lowest BCUT2D eigenvalue weighted by Crippen LogP contribution is -2.33. The second kappa shape index (κ2) is 7.62. The van der Waals surface area contributed by atoms with E-state index in [9.17, 15) is 4.79 Å². The number of rotatable bonds is 5. The van der Waals surface area contributed by atoms with Crippen molar-refractivity contribution in [1.29, 1.82) is 0 Å². The highest BCUT2D eigenvalue weighted by atomic mass is 79.9. The van der Waals surface area contributed by atoms with Crippen LogP contribution in [0.1, 0.15) is 18.4 Å². The van der Waals surface area contributed by atoms with Gasteiger partial charge >= 0.3 is 5.97 Å². The van der Waals surface area contributed by atoms with E-state index < -0.39 is 0 Å². The van der Waals surface area contributed by atoms with Gasteiger partial charge in [0, 0.05) is 10.0 Å². The van der Waals surface area contributed by atoms with Gasteiger partial charge in [-0.25, -0.2) is 4.79 Å². The molecule has 1 aliphatic heterocycles. The molecule has 0 bridgehead atoms. The highest BCUT2D eigenvalue weighted by molar-refractivity contribution is 9.10. The minimum absolute atomic E-state index is 0.0368. The number of carbonyl (C=O) groups excluding carboxylic acids is 1. The Morgan fingerprint density at radius 2 is 2.05 bits per heavy atom. The average Bonchev–Trinajstić information content (AvgIpc) is 2.45. The van der Waals surface area contributed by atoms with Crippen molar-refractivity contribution < 1.29 is 14.3 Å². The van der Waals surface area contributed by atoms with Crippen LogP contribution in [-0.4, -0.2) is 31.8 Å². The van der Waals surface area contributed by atoms with Crippen molar-refractivity contribution in [2.45, 2.75) is 25.6 Å². The average molecular weight is 328 g/mol. The smallest absolute Gasteiger partial charge is 0.332 e. The summed E-state index contributed by atoms with van der Waals surface area (Å²) in [4.78, 5) is 11.6. The van der Waals surface area contributed by atoms with Crippen LogP contribution in [0.2, 0.25) is 0 Å². The number of hydrogen-bond donors (Lipinski definition) is 1. The fraction of sp³-hybridized carbons (Fsp3) is 0.500. The Bertz CT molecular complexity index is 419. The number of halogens is 1. The molecule has 5 heteroatoms. The molecule has 104 valence electrons. The molecule has 0 aliphatic carbocycles. The van der Waals surface area contributed by atoms with Crippen LogP contribution < -0.4 is 5.32 Å². The molecule has 1 fully saturated rings. The minimum atomic E-state index is -0.311.